The topological polar surface area (TPSA) is 38.0 Å². The second-order valence-corrected chi connectivity index (χ2v) is 4.14. The first-order valence-corrected chi connectivity index (χ1v) is 4.80. The highest BCUT2D eigenvalue weighted by Gasteiger charge is 2.40. The minimum absolute atomic E-state index is 0.478. The summed E-state index contributed by atoms with van der Waals surface area (Å²) < 4.78 is 0. The molecule has 0 amide bonds. The van der Waals surface area contributed by atoms with Crippen molar-refractivity contribution in [3.8, 4) is 0 Å². The van der Waals surface area contributed by atoms with Crippen LogP contribution in [0.5, 0.6) is 0 Å². The molecule has 0 aromatic carbocycles. The van der Waals surface area contributed by atoms with Gasteiger partial charge in [0.1, 0.15) is 0 Å². The zero-order chi connectivity index (χ0) is 7.73. The first kappa shape index (κ1) is 7.56. The highest BCUT2D eigenvalue weighted by molar-refractivity contribution is 4.97. The molecular weight excluding hydrogens is 136 g/mol. The molecule has 1 atom stereocenters. The number of rotatable bonds is 0. The van der Waals surface area contributed by atoms with Gasteiger partial charge in [-0.3, -0.25) is 0 Å². The molecule has 64 valence electrons. The molecule has 0 aromatic rings. The average molecular weight is 154 g/mol. The average Bonchev–Trinajstić information content (AvgIpc) is 2.46. The number of hydrogen-bond donors (Lipinski definition) is 2. The van der Waals surface area contributed by atoms with E-state index in [4.69, 9.17) is 5.73 Å². The van der Waals surface area contributed by atoms with Crippen LogP contribution in [0, 0.1) is 5.41 Å². The Labute approximate surface area is 68.5 Å². The lowest BCUT2D eigenvalue weighted by molar-refractivity contribution is 0.178. The smallest absolute Gasteiger partial charge is 0.0120 e. The van der Waals surface area contributed by atoms with Crippen molar-refractivity contribution < 1.29 is 0 Å². The van der Waals surface area contributed by atoms with Crippen LogP contribution in [0.4, 0.5) is 0 Å². The predicted molar refractivity (Wildman–Crippen MR) is 46.4 cm³/mol. The monoisotopic (exact) mass is 154 g/mol. The number of hydrogen-bond acceptors (Lipinski definition) is 2. The SMILES string of the molecule is N[C@@H]1CCNCC12CCCC2. The van der Waals surface area contributed by atoms with E-state index in [1.807, 2.05) is 0 Å². The lowest BCUT2D eigenvalue weighted by atomic mass is 9.75. The van der Waals surface area contributed by atoms with Gasteiger partial charge >= 0.3 is 0 Å². The van der Waals surface area contributed by atoms with Crippen molar-refractivity contribution in [1.82, 2.24) is 5.32 Å². The molecule has 1 aliphatic heterocycles. The highest BCUT2D eigenvalue weighted by Crippen LogP contribution is 2.41. The molecule has 2 heteroatoms. The van der Waals surface area contributed by atoms with Crippen LogP contribution < -0.4 is 11.1 Å². The van der Waals surface area contributed by atoms with Crippen molar-refractivity contribution in [1.29, 1.82) is 0 Å². The molecule has 1 saturated heterocycles. The molecule has 2 nitrogen and oxygen atoms in total. The second-order valence-electron chi connectivity index (χ2n) is 4.14. The van der Waals surface area contributed by atoms with Crippen LogP contribution in [0.25, 0.3) is 0 Å². The molecule has 2 fully saturated rings. The minimum atomic E-state index is 0.478. The van der Waals surface area contributed by atoms with Crippen LogP contribution in [0.2, 0.25) is 0 Å². The van der Waals surface area contributed by atoms with E-state index in [0.717, 1.165) is 6.54 Å². The lowest BCUT2D eigenvalue weighted by Gasteiger charge is -2.39. The fourth-order valence-electron chi connectivity index (χ4n) is 2.66. The fourth-order valence-corrected chi connectivity index (χ4v) is 2.66. The quantitative estimate of drug-likeness (QED) is 0.543. The first-order valence-electron chi connectivity index (χ1n) is 4.80. The normalized spacial score (nSPS) is 36.3. The Kier molecular flexibility index (Phi) is 1.90. The Hall–Kier alpha value is -0.0800. The molecule has 0 unspecified atom stereocenters. The maximum absolute atomic E-state index is 6.14. The molecule has 3 N–H and O–H groups in total. The summed E-state index contributed by atoms with van der Waals surface area (Å²) in [4.78, 5) is 0. The molecule has 0 bridgehead atoms. The fraction of sp³-hybridized carbons (Fsp3) is 1.00. The van der Waals surface area contributed by atoms with Gasteiger partial charge < -0.3 is 11.1 Å². The third-order valence-electron chi connectivity index (χ3n) is 3.50. The van der Waals surface area contributed by atoms with Gasteiger partial charge in [0.25, 0.3) is 0 Å². The van der Waals surface area contributed by atoms with Gasteiger partial charge in [-0.1, -0.05) is 12.8 Å². The molecule has 2 rings (SSSR count). The van der Waals surface area contributed by atoms with Crippen LogP contribution in [0.1, 0.15) is 32.1 Å². The summed E-state index contributed by atoms with van der Waals surface area (Å²) in [6.07, 6.45) is 6.70. The van der Waals surface area contributed by atoms with Gasteiger partial charge in [-0.05, 0) is 31.2 Å². The largest absolute Gasteiger partial charge is 0.327 e. The van der Waals surface area contributed by atoms with Crippen LogP contribution in [0.3, 0.4) is 0 Å². The molecule has 2 aliphatic rings. The van der Waals surface area contributed by atoms with Gasteiger partial charge in [0.15, 0.2) is 0 Å². The Bertz CT molecular complexity index is 138. The maximum Gasteiger partial charge on any atom is 0.0120 e. The first-order chi connectivity index (χ1) is 5.33. The van der Waals surface area contributed by atoms with E-state index in [2.05, 4.69) is 5.32 Å². The van der Waals surface area contributed by atoms with Gasteiger partial charge in [-0.15, -0.1) is 0 Å². The van der Waals surface area contributed by atoms with Crippen molar-refractivity contribution in [3.05, 3.63) is 0 Å². The van der Waals surface area contributed by atoms with Crippen LogP contribution in [-0.4, -0.2) is 19.1 Å². The Morgan fingerprint density at radius 2 is 2.00 bits per heavy atom. The third kappa shape index (κ3) is 1.18. The highest BCUT2D eigenvalue weighted by atomic mass is 14.9. The Morgan fingerprint density at radius 3 is 2.64 bits per heavy atom. The van der Waals surface area contributed by atoms with Crippen molar-refractivity contribution >= 4 is 0 Å². The minimum Gasteiger partial charge on any atom is -0.327 e. The van der Waals surface area contributed by atoms with Crippen LogP contribution in [-0.2, 0) is 0 Å². The van der Waals surface area contributed by atoms with Gasteiger partial charge in [-0.2, -0.15) is 0 Å². The van der Waals surface area contributed by atoms with E-state index in [9.17, 15) is 0 Å². The summed E-state index contributed by atoms with van der Waals surface area (Å²) in [7, 11) is 0. The summed E-state index contributed by atoms with van der Waals surface area (Å²) >= 11 is 0. The van der Waals surface area contributed by atoms with Gasteiger partial charge in [0.05, 0.1) is 0 Å². The third-order valence-corrected chi connectivity index (χ3v) is 3.50. The zero-order valence-corrected chi connectivity index (χ0v) is 7.10. The summed E-state index contributed by atoms with van der Waals surface area (Å²) in [6, 6.07) is 0.478. The number of nitrogens with two attached hydrogens (primary N) is 1. The van der Waals surface area contributed by atoms with Gasteiger partial charge in [-0.25, -0.2) is 0 Å². The van der Waals surface area contributed by atoms with Crippen molar-refractivity contribution in [2.75, 3.05) is 13.1 Å². The second kappa shape index (κ2) is 2.76. The van der Waals surface area contributed by atoms with E-state index in [1.165, 1.54) is 38.6 Å². The summed E-state index contributed by atoms with van der Waals surface area (Å²) in [6.45, 7) is 2.30. The van der Waals surface area contributed by atoms with Gasteiger partial charge in [0.2, 0.25) is 0 Å². The summed E-state index contributed by atoms with van der Waals surface area (Å²) in [5.74, 6) is 0. The molecule has 1 spiro atoms. The molecular formula is C9H18N2. The van der Waals surface area contributed by atoms with Crippen molar-refractivity contribution in [3.63, 3.8) is 0 Å². The van der Waals surface area contributed by atoms with Crippen LogP contribution in [0.15, 0.2) is 0 Å². The van der Waals surface area contributed by atoms with E-state index >= 15 is 0 Å². The molecule has 1 aliphatic carbocycles. The summed E-state index contributed by atoms with van der Waals surface area (Å²) in [5.41, 5.74) is 6.63. The summed E-state index contributed by atoms with van der Waals surface area (Å²) in [5, 5.41) is 3.47. The molecule has 0 radical (unpaired) electrons. The predicted octanol–water partition coefficient (Wildman–Crippen LogP) is 0.867. The molecule has 11 heavy (non-hydrogen) atoms. The number of piperidine rings is 1. The number of nitrogens with one attached hydrogen (secondary N) is 1. The van der Waals surface area contributed by atoms with Crippen LogP contribution >= 0.6 is 0 Å². The molecule has 0 aromatic heterocycles. The van der Waals surface area contributed by atoms with Crippen molar-refractivity contribution in [2.24, 2.45) is 11.1 Å². The van der Waals surface area contributed by atoms with Crippen molar-refractivity contribution in [2.45, 2.75) is 38.1 Å². The molecule has 1 saturated carbocycles. The van der Waals surface area contributed by atoms with E-state index in [0.29, 0.717) is 11.5 Å². The Morgan fingerprint density at radius 1 is 1.27 bits per heavy atom. The van der Waals surface area contributed by atoms with E-state index in [1.54, 1.807) is 0 Å². The van der Waals surface area contributed by atoms with E-state index < -0.39 is 0 Å². The standard InChI is InChI=1S/C9H18N2/c10-8-3-6-11-7-9(8)4-1-2-5-9/h8,11H,1-7,10H2/t8-/m1/s1. The zero-order valence-electron chi connectivity index (χ0n) is 7.10. The maximum atomic E-state index is 6.14. The van der Waals surface area contributed by atoms with Gasteiger partial charge in [0, 0.05) is 12.6 Å². The van der Waals surface area contributed by atoms with E-state index in [-0.39, 0.29) is 0 Å². The lowest BCUT2D eigenvalue weighted by Crippen LogP contribution is -2.52. The Balaban J connectivity index is 2.07. The molecule has 1 heterocycles.